The molecule has 0 bridgehead atoms. The second-order valence-corrected chi connectivity index (χ2v) is 15.3. The predicted octanol–water partition coefficient (Wildman–Crippen LogP) is 13.3. The van der Waals surface area contributed by atoms with Crippen molar-refractivity contribution in [3.05, 3.63) is 210 Å². The Bertz CT molecular complexity index is 3070. The number of hydrogen-bond donors (Lipinski definition) is 0. The lowest BCUT2D eigenvalue weighted by molar-refractivity contribution is 0.456. The van der Waals surface area contributed by atoms with E-state index in [4.69, 9.17) is 4.74 Å². The summed E-state index contributed by atoms with van der Waals surface area (Å²) in [6.07, 6.45) is 5.23. The summed E-state index contributed by atoms with van der Waals surface area (Å²) in [7, 11) is 0. The molecule has 2 aromatic heterocycles. The van der Waals surface area contributed by atoms with Gasteiger partial charge in [0.15, 0.2) is 0 Å². The maximum atomic E-state index is 15.7. The molecule has 0 saturated heterocycles. The third-order valence-electron chi connectivity index (χ3n) is 11.1. The summed E-state index contributed by atoms with van der Waals surface area (Å²) in [5.41, 5.74) is 6.31. The molecule has 11 rings (SSSR count). The van der Waals surface area contributed by atoms with Crippen LogP contribution in [0.15, 0.2) is 180 Å². The van der Waals surface area contributed by atoms with Crippen molar-refractivity contribution >= 4 is 50.5 Å². The summed E-state index contributed by atoms with van der Waals surface area (Å²) in [6.45, 7) is 0. The number of para-hydroxylation sites is 1. The van der Waals surface area contributed by atoms with E-state index in [0.717, 1.165) is 77.0 Å². The van der Waals surface area contributed by atoms with Gasteiger partial charge in [-0.05, 0) is 112 Å². The maximum absolute atomic E-state index is 15.7. The van der Waals surface area contributed by atoms with Gasteiger partial charge in [-0.25, -0.2) is 13.2 Å². The molecular weight excluding hydrogens is 736 g/mol. The van der Waals surface area contributed by atoms with Gasteiger partial charge >= 0.3 is 0 Å². The van der Waals surface area contributed by atoms with Crippen LogP contribution in [0.3, 0.4) is 0 Å². The topological polar surface area (TPSA) is 38.2 Å². The molecule has 0 saturated carbocycles. The number of aromatic nitrogens is 2. The average molecular weight is 764 g/mol. The molecule has 272 valence electrons. The quantitative estimate of drug-likeness (QED) is 0.175. The molecule has 7 aromatic carbocycles. The first-order chi connectivity index (χ1) is 28.0. The molecule has 1 aliphatic carbocycles. The van der Waals surface area contributed by atoms with Gasteiger partial charge in [-0.2, -0.15) is 0 Å². The molecule has 1 aliphatic heterocycles. The summed E-state index contributed by atoms with van der Waals surface area (Å²) < 4.78 is 52.8. The molecule has 8 heteroatoms. The smallest absolute Gasteiger partial charge is 0.149 e. The van der Waals surface area contributed by atoms with Crippen LogP contribution in [0.1, 0.15) is 22.3 Å². The van der Waals surface area contributed by atoms with Crippen molar-refractivity contribution < 1.29 is 17.9 Å². The average Bonchev–Trinajstić information content (AvgIpc) is 3.55. The predicted molar refractivity (Wildman–Crippen MR) is 220 cm³/mol. The molecule has 0 fully saturated rings. The van der Waals surface area contributed by atoms with Gasteiger partial charge < -0.3 is 9.64 Å². The minimum absolute atomic E-state index is 0.368. The number of hydrogen-bond acceptors (Lipinski definition) is 5. The largest absolute Gasteiger partial charge is 0.454 e. The molecule has 9 aromatic rings. The standard InChI is InChI=1S/C49H28F3N3OS/c50-32-15-17-35(18-16-32)55(43-28-53-27-41-38(43)11-7-21-54-41)42-25-30(22-29-8-1-2-9-36(29)42)49(31-23-33(51)26-34(52)24-31)39-12-4-3-10-37(39)47-40(49)19-20-46-48(47)56-44-13-5-6-14-45(44)57-46/h1-28H. The minimum Gasteiger partial charge on any atom is -0.454 e. The Labute approximate surface area is 329 Å². The molecule has 3 heterocycles. The van der Waals surface area contributed by atoms with E-state index in [1.165, 1.54) is 24.3 Å². The van der Waals surface area contributed by atoms with Gasteiger partial charge in [-0.1, -0.05) is 78.5 Å². The lowest BCUT2D eigenvalue weighted by Gasteiger charge is -2.36. The number of halogens is 3. The fourth-order valence-electron chi connectivity index (χ4n) is 8.76. The van der Waals surface area contributed by atoms with Gasteiger partial charge in [0.2, 0.25) is 0 Å². The van der Waals surface area contributed by atoms with E-state index in [-0.39, 0.29) is 5.82 Å². The van der Waals surface area contributed by atoms with Crippen LogP contribution < -0.4 is 9.64 Å². The molecule has 0 amide bonds. The van der Waals surface area contributed by atoms with E-state index >= 15 is 8.78 Å². The highest BCUT2D eigenvalue weighted by Crippen LogP contribution is 2.63. The summed E-state index contributed by atoms with van der Waals surface area (Å²) in [5.74, 6) is -0.288. The van der Waals surface area contributed by atoms with Crippen molar-refractivity contribution in [2.24, 2.45) is 0 Å². The van der Waals surface area contributed by atoms with Gasteiger partial charge in [0.05, 0.1) is 44.5 Å². The zero-order chi connectivity index (χ0) is 38.3. The third kappa shape index (κ3) is 5.10. The fourth-order valence-corrected chi connectivity index (χ4v) is 9.72. The molecule has 57 heavy (non-hydrogen) atoms. The van der Waals surface area contributed by atoms with Crippen LogP contribution in [-0.2, 0) is 5.41 Å². The van der Waals surface area contributed by atoms with Gasteiger partial charge in [0.1, 0.15) is 29.0 Å². The van der Waals surface area contributed by atoms with Gasteiger partial charge in [0, 0.05) is 34.3 Å². The normalized spacial score (nSPS) is 15.1. The van der Waals surface area contributed by atoms with E-state index in [9.17, 15) is 4.39 Å². The molecule has 0 N–H and O–H groups in total. The maximum Gasteiger partial charge on any atom is 0.149 e. The Morgan fingerprint density at radius 3 is 2.21 bits per heavy atom. The van der Waals surface area contributed by atoms with Gasteiger partial charge in [-0.15, -0.1) is 0 Å². The van der Waals surface area contributed by atoms with E-state index in [1.54, 1.807) is 42.5 Å². The van der Waals surface area contributed by atoms with E-state index in [2.05, 4.69) is 39.1 Å². The van der Waals surface area contributed by atoms with Crippen LogP contribution in [-0.4, -0.2) is 9.97 Å². The van der Waals surface area contributed by atoms with Crippen LogP contribution in [0.25, 0.3) is 32.8 Å². The Balaban J connectivity index is 1.27. The monoisotopic (exact) mass is 763 g/mol. The second kappa shape index (κ2) is 12.8. The van der Waals surface area contributed by atoms with E-state index in [1.807, 2.05) is 84.9 Å². The van der Waals surface area contributed by atoms with Crippen LogP contribution in [0, 0.1) is 17.5 Å². The number of rotatable bonds is 5. The van der Waals surface area contributed by atoms with Crippen molar-refractivity contribution in [1.29, 1.82) is 0 Å². The molecule has 0 radical (unpaired) electrons. The molecule has 4 nitrogen and oxygen atoms in total. The van der Waals surface area contributed by atoms with Crippen LogP contribution >= 0.6 is 11.8 Å². The van der Waals surface area contributed by atoms with E-state index < -0.39 is 17.0 Å². The van der Waals surface area contributed by atoms with Crippen molar-refractivity contribution in [3.63, 3.8) is 0 Å². The number of anilines is 3. The van der Waals surface area contributed by atoms with E-state index in [0.29, 0.717) is 22.5 Å². The first-order valence-corrected chi connectivity index (χ1v) is 19.3. The molecule has 1 unspecified atom stereocenters. The molecule has 0 spiro atoms. The molecule has 2 aliphatic rings. The highest BCUT2D eigenvalue weighted by Gasteiger charge is 2.49. The number of fused-ring (bicyclic) bond motifs is 8. The zero-order valence-corrected chi connectivity index (χ0v) is 30.8. The first kappa shape index (κ1) is 33.4. The Kier molecular flexibility index (Phi) is 7.53. The number of ether oxygens (including phenoxy) is 1. The SMILES string of the molecule is Fc1ccc(N(c2cc(C3(c4cc(F)cc(F)c4)c4ccccc4-c4c3ccc3c4Oc4ccccc4S3)cc3ccccc23)c2cncc3ncccc23)cc1. The van der Waals surface area contributed by atoms with Crippen molar-refractivity contribution in [3.8, 4) is 22.6 Å². The lowest BCUT2D eigenvalue weighted by atomic mass is 9.67. The summed E-state index contributed by atoms with van der Waals surface area (Å²) >= 11 is 1.64. The Hall–Kier alpha value is -6.90. The molecular formula is C49H28F3N3OS. The van der Waals surface area contributed by atoms with Crippen molar-refractivity contribution in [2.75, 3.05) is 4.90 Å². The van der Waals surface area contributed by atoms with Gasteiger partial charge in [-0.3, -0.25) is 9.97 Å². The summed E-state index contributed by atoms with van der Waals surface area (Å²) in [5, 5.41) is 2.64. The van der Waals surface area contributed by atoms with Gasteiger partial charge in [0.25, 0.3) is 0 Å². The first-order valence-electron chi connectivity index (χ1n) is 18.4. The summed E-state index contributed by atoms with van der Waals surface area (Å²) in [4.78, 5) is 13.2. The zero-order valence-electron chi connectivity index (χ0n) is 30.0. The second-order valence-electron chi connectivity index (χ2n) is 14.2. The van der Waals surface area contributed by atoms with Crippen molar-refractivity contribution in [1.82, 2.24) is 9.97 Å². The minimum atomic E-state index is -1.22. The fraction of sp³-hybridized carbons (Fsp3) is 0.0204. The number of pyridine rings is 2. The lowest BCUT2D eigenvalue weighted by Crippen LogP contribution is -2.29. The summed E-state index contributed by atoms with van der Waals surface area (Å²) in [6, 6.07) is 46.4. The number of benzene rings is 7. The molecule has 1 atom stereocenters. The highest BCUT2D eigenvalue weighted by atomic mass is 32.2. The van der Waals surface area contributed by atoms with Crippen LogP contribution in [0.5, 0.6) is 11.5 Å². The van der Waals surface area contributed by atoms with Crippen LogP contribution in [0.2, 0.25) is 0 Å². The van der Waals surface area contributed by atoms with Crippen LogP contribution in [0.4, 0.5) is 30.2 Å². The Morgan fingerprint density at radius 1 is 0.579 bits per heavy atom. The third-order valence-corrected chi connectivity index (χ3v) is 12.1. The van der Waals surface area contributed by atoms with Crippen molar-refractivity contribution in [2.45, 2.75) is 15.2 Å². The number of nitrogens with zero attached hydrogens (tertiary/aromatic N) is 3. The highest BCUT2D eigenvalue weighted by molar-refractivity contribution is 7.99. The Morgan fingerprint density at radius 2 is 1.33 bits per heavy atom.